The number of aromatic nitrogens is 1. The molecule has 0 aliphatic heterocycles. The van der Waals surface area contributed by atoms with E-state index >= 15 is 0 Å². The predicted molar refractivity (Wildman–Crippen MR) is 84.4 cm³/mol. The van der Waals surface area contributed by atoms with Crippen molar-refractivity contribution in [2.75, 3.05) is 0 Å². The van der Waals surface area contributed by atoms with Crippen molar-refractivity contribution in [2.24, 2.45) is 0 Å². The van der Waals surface area contributed by atoms with Crippen LogP contribution in [0.15, 0.2) is 60.8 Å². The first-order chi connectivity index (χ1) is 10.2. The van der Waals surface area contributed by atoms with E-state index in [-0.39, 0.29) is 5.91 Å². The number of hydrogen-bond donors (Lipinski definition) is 1. The van der Waals surface area contributed by atoms with Crippen LogP contribution in [0.1, 0.15) is 15.9 Å². The summed E-state index contributed by atoms with van der Waals surface area (Å²) >= 11 is 6.07. The molecule has 3 rings (SSSR count). The van der Waals surface area contributed by atoms with Crippen molar-refractivity contribution in [2.45, 2.75) is 6.54 Å². The maximum absolute atomic E-state index is 12.2. The molecule has 0 aliphatic rings. The lowest BCUT2D eigenvalue weighted by Gasteiger charge is -2.07. The van der Waals surface area contributed by atoms with E-state index < -0.39 is 0 Å². The van der Waals surface area contributed by atoms with Gasteiger partial charge in [0.15, 0.2) is 0 Å². The molecule has 0 unspecified atom stereocenters. The Morgan fingerprint density at radius 1 is 1.10 bits per heavy atom. The van der Waals surface area contributed by atoms with Gasteiger partial charge in [0.2, 0.25) is 0 Å². The van der Waals surface area contributed by atoms with Gasteiger partial charge >= 0.3 is 0 Å². The van der Waals surface area contributed by atoms with Gasteiger partial charge in [-0.1, -0.05) is 35.9 Å². The van der Waals surface area contributed by atoms with Gasteiger partial charge in [0.05, 0.1) is 5.52 Å². The first-order valence-electron chi connectivity index (χ1n) is 6.60. The zero-order valence-corrected chi connectivity index (χ0v) is 12.0. The van der Waals surface area contributed by atoms with Crippen LogP contribution in [0.25, 0.3) is 10.9 Å². The Balaban J connectivity index is 1.76. The summed E-state index contributed by atoms with van der Waals surface area (Å²) in [4.78, 5) is 16.4. The number of hydrogen-bond acceptors (Lipinski definition) is 2. The summed E-state index contributed by atoms with van der Waals surface area (Å²) in [6.45, 7) is 0.406. The number of benzene rings is 2. The van der Waals surface area contributed by atoms with Crippen LogP contribution in [0.4, 0.5) is 0 Å². The molecule has 0 fully saturated rings. The number of fused-ring (bicyclic) bond motifs is 1. The molecule has 3 aromatic rings. The fourth-order valence-corrected chi connectivity index (χ4v) is 2.34. The van der Waals surface area contributed by atoms with Crippen LogP contribution in [0.5, 0.6) is 0 Å². The Labute approximate surface area is 127 Å². The number of pyridine rings is 1. The summed E-state index contributed by atoms with van der Waals surface area (Å²) in [5.74, 6) is -0.124. The first-order valence-corrected chi connectivity index (χ1v) is 6.98. The van der Waals surface area contributed by atoms with E-state index in [0.29, 0.717) is 17.1 Å². The van der Waals surface area contributed by atoms with Crippen molar-refractivity contribution in [1.29, 1.82) is 0 Å². The summed E-state index contributed by atoms with van der Waals surface area (Å²) in [7, 11) is 0. The number of amides is 1. The van der Waals surface area contributed by atoms with Gasteiger partial charge in [0.1, 0.15) is 0 Å². The Morgan fingerprint density at radius 3 is 2.81 bits per heavy atom. The molecule has 3 nitrogen and oxygen atoms in total. The second kappa shape index (κ2) is 5.94. The molecule has 0 atom stereocenters. The minimum Gasteiger partial charge on any atom is -0.348 e. The third-order valence-corrected chi connectivity index (χ3v) is 3.63. The third kappa shape index (κ3) is 3.03. The standard InChI is InChI=1S/C17H13ClN2O/c18-15-6-2-1-4-14(15)11-20-17(21)13-7-8-16-12(10-13)5-3-9-19-16/h1-10H,11H2,(H,20,21). The molecule has 0 saturated carbocycles. The molecule has 1 N–H and O–H groups in total. The summed E-state index contributed by atoms with van der Waals surface area (Å²) in [5.41, 5.74) is 2.39. The minimum absolute atomic E-state index is 0.124. The Hall–Kier alpha value is -2.39. The van der Waals surface area contributed by atoms with Crippen molar-refractivity contribution >= 4 is 28.4 Å². The normalized spacial score (nSPS) is 10.5. The Bertz CT molecular complexity index is 801. The monoisotopic (exact) mass is 296 g/mol. The van der Waals surface area contributed by atoms with E-state index in [1.54, 1.807) is 12.3 Å². The average molecular weight is 297 g/mol. The molecule has 0 aliphatic carbocycles. The van der Waals surface area contributed by atoms with E-state index in [1.165, 1.54) is 0 Å². The average Bonchev–Trinajstić information content (AvgIpc) is 2.53. The van der Waals surface area contributed by atoms with E-state index in [0.717, 1.165) is 16.5 Å². The first kappa shape index (κ1) is 13.6. The molecule has 4 heteroatoms. The largest absolute Gasteiger partial charge is 0.348 e. The van der Waals surface area contributed by atoms with Crippen molar-refractivity contribution in [3.63, 3.8) is 0 Å². The third-order valence-electron chi connectivity index (χ3n) is 3.26. The van der Waals surface area contributed by atoms with Crippen LogP contribution in [-0.4, -0.2) is 10.9 Å². The number of rotatable bonds is 3. The van der Waals surface area contributed by atoms with Crippen molar-refractivity contribution in [3.05, 3.63) is 76.9 Å². The molecule has 0 bridgehead atoms. The quantitative estimate of drug-likeness (QED) is 0.798. The van der Waals surface area contributed by atoms with Gasteiger partial charge in [0.25, 0.3) is 5.91 Å². The van der Waals surface area contributed by atoms with Gasteiger partial charge in [0, 0.05) is 28.7 Å². The van der Waals surface area contributed by atoms with Crippen LogP contribution < -0.4 is 5.32 Å². The van der Waals surface area contributed by atoms with Crippen LogP contribution >= 0.6 is 11.6 Å². The SMILES string of the molecule is O=C(NCc1ccccc1Cl)c1ccc2ncccc2c1. The lowest BCUT2D eigenvalue weighted by Crippen LogP contribution is -2.22. The van der Waals surface area contributed by atoms with Gasteiger partial charge in [-0.15, -0.1) is 0 Å². The van der Waals surface area contributed by atoms with Crippen molar-refractivity contribution in [3.8, 4) is 0 Å². The smallest absolute Gasteiger partial charge is 0.251 e. The lowest BCUT2D eigenvalue weighted by molar-refractivity contribution is 0.0951. The molecular formula is C17H13ClN2O. The highest BCUT2D eigenvalue weighted by Gasteiger charge is 2.07. The molecule has 1 aromatic heterocycles. The molecule has 0 radical (unpaired) electrons. The molecule has 1 amide bonds. The highest BCUT2D eigenvalue weighted by molar-refractivity contribution is 6.31. The molecule has 0 spiro atoms. The van der Waals surface area contributed by atoms with E-state index in [4.69, 9.17) is 11.6 Å². The predicted octanol–water partition coefficient (Wildman–Crippen LogP) is 3.82. The molecule has 21 heavy (non-hydrogen) atoms. The molecular weight excluding hydrogens is 284 g/mol. The van der Waals surface area contributed by atoms with Crippen LogP contribution in [-0.2, 0) is 6.54 Å². The fraction of sp³-hybridized carbons (Fsp3) is 0.0588. The Kier molecular flexibility index (Phi) is 3.84. The molecule has 104 valence electrons. The van der Waals surface area contributed by atoms with Gasteiger partial charge in [-0.25, -0.2) is 0 Å². The zero-order valence-electron chi connectivity index (χ0n) is 11.2. The lowest BCUT2D eigenvalue weighted by atomic mass is 10.1. The highest BCUT2D eigenvalue weighted by atomic mass is 35.5. The molecule has 1 heterocycles. The second-order valence-electron chi connectivity index (χ2n) is 4.68. The van der Waals surface area contributed by atoms with Gasteiger partial charge in [-0.3, -0.25) is 9.78 Å². The number of nitrogens with zero attached hydrogens (tertiary/aromatic N) is 1. The van der Waals surface area contributed by atoms with Crippen molar-refractivity contribution in [1.82, 2.24) is 10.3 Å². The molecule has 0 saturated heterocycles. The van der Waals surface area contributed by atoms with E-state index in [9.17, 15) is 4.79 Å². The molecule has 2 aromatic carbocycles. The van der Waals surface area contributed by atoms with Crippen LogP contribution in [0.3, 0.4) is 0 Å². The van der Waals surface area contributed by atoms with E-state index in [1.807, 2.05) is 48.5 Å². The summed E-state index contributed by atoms with van der Waals surface area (Å²) in [6, 6.07) is 16.7. The van der Waals surface area contributed by atoms with Gasteiger partial charge < -0.3 is 5.32 Å². The maximum atomic E-state index is 12.2. The topological polar surface area (TPSA) is 42.0 Å². The Morgan fingerprint density at radius 2 is 1.95 bits per heavy atom. The number of nitrogens with one attached hydrogen (secondary N) is 1. The number of carbonyl (C=O) groups is 1. The summed E-state index contributed by atoms with van der Waals surface area (Å²) in [5, 5.41) is 4.48. The number of carbonyl (C=O) groups excluding carboxylic acids is 1. The number of halogens is 1. The minimum atomic E-state index is -0.124. The maximum Gasteiger partial charge on any atom is 0.251 e. The van der Waals surface area contributed by atoms with Gasteiger partial charge in [-0.2, -0.15) is 0 Å². The summed E-state index contributed by atoms with van der Waals surface area (Å²) < 4.78 is 0. The van der Waals surface area contributed by atoms with Crippen LogP contribution in [0, 0.1) is 0 Å². The highest BCUT2D eigenvalue weighted by Crippen LogP contribution is 2.16. The van der Waals surface area contributed by atoms with Crippen molar-refractivity contribution < 1.29 is 4.79 Å². The van der Waals surface area contributed by atoms with Crippen LogP contribution in [0.2, 0.25) is 5.02 Å². The van der Waals surface area contributed by atoms with Gasteiger partial charge in [-0.05, 0) is 35.9 Å². The summed E-state index contributed by atoms with van der Waals surface area (Å²) in [6.07, 6.45) is 1.74. The zero-order chi connectivity index (χ0) is 14.7. The fourth-order valence-electron chi connectivity index (χ4n) is 2.14. The van der Waals surface area contributed by atoms with E-state index in [2.05, 4.69) is 10.3 Å². The second-order valence-corrected chi connectivity index (χ2v) is 5.09.